The fraction of sp³-hybridized carbons (Fsp3) is 0.350. The summed E-state index contributed by atoms with van der Waals surface area (Å²) in [6.07, 6.45) is 2.70. The number of rotatable bonds is 7. The van der Waals surface area contributed by atoms with E-state index in [2.05, 4.69) is 45.3 Å². The van der Waals surface area contributed by atoms with E-state index in [-0.39, 0.29) is 11.9 Å². The molecule has 2 aromatic heterocycles. The molecule has 1 amide bonds. The molecule has 3 aromatic rings. The third-order valence-electron chi connectivity index (χ3n) is 4.09. The number of amides is 1. The average molecular weight is 386 g/mol. The Hall–Kier alpha value is -2.05. The minimum atomic E-state index is 0.0279. The van der Waals surface area contributed by atoms with Crippen molar-refractivity contribution in [2.45, 2.75) is 46.1 Å². The van der Waals surface area contributed by atoms with Crippen molar-refractivity contribution in [2.24, 2.45) is 0 Å². The van der Waals surface area contributed by atoms with Crippen LogP contribution in [0.5, 0.6) is 0 Å². The van der Waals surface area contributed by atoms with Gasteiger partial charge in [0.2, 0.25) is 5.91 Å². The molecule has 1 aromatic carbocycles. The summed E-state index contributed by atoms with van der Waals surface area (Å²) in [6, 6.07) is 8.76. The number of carbonyl (C=O) groups is 1. The van der Waals surface area contributed by atoms with Gasteiger partial charge in [-0.25, -0.2) is 9.97 Å². The van der Waals surface area contributed by atoms with Crippen LogP contribution in [-0.2, 0) is 17.6 Å². The van der Waals surface area contributed by atoms with Gasteiger partial charge in [-0.05, 0) is 32.3 Å². The van der Waals surface area contributed by atoms with Gasteiger partial charge in [0.05, 0.1) is 17.1 Å². The van der Waals surface area contributed by atoms with E-state index in [1.54, 1.807) is 29.6 Å². The van der Waals surface area contributed by atoms with Crippen LogP contribution in [0.2, 0.25) is 0 Å². The highest BCUT2D eigenvalue weighted by Gasteiger charge is 2.08. The molecule has 4 nitrogen and oxygen atoms in total. The van der Waals surface area contributed by atoms with Crippen molar-refractivity contribution in [3.05, 3.63) is 56.3 Å². The van der Waals surface area contributed by atoms with Gasteiger partial charge in [0, 0.05) is 35.0 Å². The number of nitrogens with one attached hydrogen (secondary N) is 1. The topological polar surface area (TPSA) is 54.9 Å². The number of aromatic nitrogens is 2. The SMILES string of the molecule is CC(=O)N[C@H](C)CCc1ccc(-c2csc(Cc3nc(C)cs3)n2)cc1. The van der Waals surface area contributed by atoms with Crippen LogP contribution in [0.3, 0.4) is 0 Å². The van der Waals surface area contributed by atoms with Crippen molar-refractivity contribution in [1.82, 2.24) is 15.3 Å². The van der Waals surface area contributed by atoms with Crippen molar-refractivity contribution in [2.75, 3.05) is 0 Å². The highest BCUT2D eigenvalue weighted by atomic mass is 32.1. The monoisotopic (exact) mass is 385 g/mol. The van der Waals surface area contributed by atoms with Crippen molar-refractivity contribution in [3.8, 4) is 11.3 Å². The van der Waals surface area contributed by atoms with E-state index in [4.69, 9.17) is 4.98 Å². The molecular weight excluding hydrogens is 362 g/mol. The van der Waals surface area contributed by atoms with Crippen molar-refractivity contribution < 1.29 is 4.79 Å². The lowest BCUT2D eigenvalue weighted by molar-refractivity contribution is -0.119. The second-order valence-electron chi connectivity index (χ2n) is 6.52. The lowest BCUT2D eigenvalue weighted by Crippen LogP contribution is -2.30. The normalized spacial score (nSPS) is 12.1. The van der Waals surface area contributed by atoms with Gasteiger partial charge >= 0.3 is 0 Å². The molecule has 0 spiro atoms. The number of nitrogens with zero attached hydrogens (tertiary/aromatic N) is 2. The van der Waals surface area contributed by atoms with Crippen LogP contribution in [0.4, 0.5) is 0 Å². The lowest BCUT2D eigenvalue weighted by atomic mass is 10.0. The first-order chi connectivity index (χ1) is 12.5. The van der Waals surface area contributed by atoms with E-state index in [0.29, 0.717) is 0 Å². The lowest BCUT2D eigenvalue weighted by Gasteiger charge is -2.12. The fourth-order valence-corrected chi connectivity index (χ4v) is 4.46. The van der Waals surface area contributed by atoms with Gasteiger partial charge in [0.1, 0.15) is 5.01 Å². The number of hydrogen-bond acceptors (Lipinski definition) is 5. The molecule has 0 radical (unpaired) electrons. The molecule has 0 unspecified atom stereocenters. The van der Waals surface area contributed by atoms with E-state index < -0.39 is 0 Å². The second-order valence-corrected chi connectivity index (χ2v) is 8.41. The van der Waals surface area contributed by atoms with Gasteiger partial charge in [-0.3, -0.25) is 4.79 Å². The van der Waals surface area contributed by atoms with Gasteiger partial charge in [0.25, 0.3) is 0 Å². The number of thiazole rings is 2. The van der Waals surface area contributed by atoms with Crippen LogP contribution in [0.15, 0.2) is 35.0 Å². The van der Waals surface area contributed by atoms with Gasteiger partial charge in [-0.2, -0.15) is 0 Å². The predicted octanol–water partition coefficient (Wildman–Crippen LogP) is 4.62. The number of aryl methyl sites for hydroxylation is 2. The maximum Gasteiger partial charge on any atom is 0.217 e. The standard InChI is InChI=1S/C20H23N3OS2/c1-13(21-15(3)24)4-5-16-6-8-17(9-7-16)18-12-26-20(23-18)10-19-22-14(2)11-25-19/h6-9,11-13H,4-5,10H2,1-3H3,(H,21,24)/t13-/m1/s1. The Morgan fingerprint density at radius 1 is 1.12 bits per heavy atom. The zero-order valence-electron chi connectivity index (χ0n) is 15.3. The van der Waals surface area contributed by atoms with Crippen LogP contribution in [0.25, 0.3) is 11.3 Å². The first-order valence-corrected chi connectivity index (χ1v) is 10.5. The summed E-state index contributed by atoms with van der Waals surface area (Å²) >= 11 is 3.38. The number of benzene rings is 1. The molecule has 0 saturated heterocycles. The van der Waals surface area contributed by atoms with Crippen LogP contribution >= 0.6 is 22.7 Å². The molecule has 0 aliphatic carbocycles. The Kier molecular flexibility index (Phi) is 6.16. The molecule has 0 aliphatic heterocycles. The second kappa shape index (κ2) is 8.56. The summed E-state index contributed by atoms with van der Waals surface area (Å²) in [5.74, 6) is 0.0279. The average Bonchev–Trinajstić information content (AvgIpc) is 3.22. The maximum absolute atomic E-state index is 11.1. The largest absolute Gasteiger partial charge is 0.354 e. The zero-order chi connectivity index (χ0) is 18.5. The molecule has 0 bridgehead atoms. The smallest absolute Gasteiger partial charge is 0.217 e. The Morgan fingerprint density at radius 2 is 1.81 bits per heavy atom. The minimum absolute atomic E-state index is 0.0279. The van der Waals surface area contributed by atoms with Crippen LogP contribution in [0, 0.1) is 6.92 Å². The Labute approximate surface area is 162 Å². The zero-order valence-corrected chi connectivity index (χ0v) is 16.9. The van der Waals surface area contributed by atoms with Crippen molar-refractivity contribution >= 4 is 28.6 Å². The van der Waals surface area contributed by atoms with Crippen molar-refractivity contribution in [1.29, 1.82) is 0 Å². The van der Waals surface area contributed by atoms with Crippen molar-refractivity contribution in [3.63, 3.8) is 0 Å². The van der Waals surface area contributed by atoms with E-state index in [1.165, 1.54) is 5.56 Å². The molecule has 0 aliphatic rings. The predicted molar refractivity (Wildman–Crippen MR) is 109 cm³/mol. The Morgan fingerprint density at radius 3 is 2.46 bits per heavy atom. The summed E-state index contributed by atoms with van der Waals surface area (Å²) in [4.78, 5) is 20.3. The van der Waals surface area contributed by atoms with Gasteiger partial charge in [0.15, 0.2) is 0 Å². The van der Waals surface area contributed by atoms with E-state index in [9.17, 15) is 4.79 Å². The summed E-state index contributed by atoms with van der Waals surface area (Å²) in [5, 5.41) is 9.33. The molecule has 0 fully saturated rings. The molecule has 1 N–H and O–H groups in total. The Balaban J connectivity index is 1.59. The summed E-state index contributed by atoms with van der Waals surface area (Å²) < 4.78 is 0. The van der Waals surface area contributed by atoms with Crippen LogP contribution in [0.1, 0.15) is 41.5 Å². The summed E-state index contributed by atoms with van der Waals surface area (Å²) in [6.45, 7) is 5.62. The highest BCUT2D eigenvalue weighted by Crippen LogP contribution is 2.25. The minimum Gasteiger partial charge on any atom is -0.354 e. The highest BCUT2D eigenvalue weighted by molar-refractivity contribution is 7.11. The third kappa shape index (κ3) is 5.22. The van der Waals surface area contributed by atoms with Gasteiger partial charge in [-0.1, -0.05) is 24.3 Å². The molecule has 1 atom stereocenters. The molecule has 136 valence electrons. The first kappa shape index (κ1) is 18.7. The summed E-state index contributed by atoms with van der Waals surface area (Å²) in [5.41, 5.74) is 4.52. The van der Waals surface area contributed by atoms with Gasteiger partial charge < -0.3 is 5.32 Å². The summed E-state index contributed by atoms with van der Waals surface area (Å²) in [7, 11) is 0. The van der Waals surface area contributed by atoms with E-state index in [1.807, 2.05) is 13.8 Å². The van der Waals surface area contributed by atoms with Crippen LogP contribution in [-0.4, -0.2) is 21.9 Å². The molecule has 26 heavy (non-hydrogen) atoms. The fourth-order valence-electron chi connectivity index (χ4n) is 2.78. The quantitative estimate of drug-likeness (QED) is 0.645. The molecule has 3 rings (SSSR count). The van der Waals surface area contributed by atoms with Gasteiger partial charge in [-0.15, -0.1) is 22.7 Å². The number of hydrogen-bond donors (Lipinski definition) is 1. The first-order valence-electron chi connectivity index (χ1n) is 8.71. The Bertz CT molecular complexity index is 867. The van der Waals surface area contributed by atoms with E-state index in [0.717, 1.165) is 46.2 Å². The van der Waals surface area contributed by atoms with Crippen LogP contribution < -0.4 is 5.32 Å². The van der Waals surface area contributed by atoms with E-state index >= 15 is 0 Å². The molecule has 6 heteroatoms. The molecule has 2 heterocycles. The number of carbonyl (C=O) groups excluding carboxylic acids is 1. The maximum atomic E-state index is 11.1. The third-order valence-corrected chi connectivity index (χ3v) is 5.90. The molecular formula is C20H23N3OS2. The molecule has 0 saturated carbocycles.